The first-order chi connectivity index (χ1) is 17.1. The molecule has 0 saturated heterocycles. The van der Waals surface area contributed by atoms with Crippen LogP contribution in [0.25, 0.3) is 11.3 Å². The first-order valence-electron chi connectivity index (χ1n) is 13.0. The quantitative estimate of drug-likeness (QED) is 0.363. The number of aryl methyl sites for hydroxylation is 1. The van der Waals surface area contributed by atoms with Crippen molar-refractivity contribution in [1.29, 1.82) is 0 Å². The minimum atomic E-state index is -0.209. The molecule has 1 aliphatic carbocycles. The van der Waals surface area contributed by atoms with Gasteiger partial charge in [0.05, 0.1) is 24.9 Å². The molecule has 184 valence electrons. The highest BCUT2D eigenvalue weighted by Gasteiger charge is 2.46. The second-order valence-corrected chi connectivity index (χ2v) is 9.62. The zero-order valence-electron chi connectivity index (χ0n) is 21.0. The molecule has 1 fully saturated rings. The number of rotatable bonds is 9. The number of ether oxygens (including phenoxy) is 2. The average Bonchev–Trinajstić information content (AvgIpc) is 3.59. The SMILES string of the molecule is CCCCOc1ccc(C2c3c(-c4ccc(C)cc4)n[nH]c3C(=O)N2C2CCCC2)cc1OCC. The van der Waals surface area contributed by atoms with Crippen LogP contribution >= 0.6 is 0 Å². The molecule has 1 unspecified atom stereocenters. The Hall–Kier alpha value is -3.28. The summed E-state index contributed by atoms with van der Waals surface area (Å²) in [7, 11) is 0. The molecule has 1 saturated carbocycles. The molecule has 35 heavy (non-hydrogen) atoms. The van der Waals surface area contributed by atoms with Crippen molar-refractivity contribution in [3.63, 3.8) is 0 Å². The summed E-state index contributed by atoms with van der Waals surface area (Å²) in [6.45, 7) is 7.42. The molecule has 6 nitrogen and oxygen atoms in total. The second-order valence-electron chi connectivity index (χ2n) is 9.62. The van der Waals surface area contributed by atoms with E-state index in [0.29, 0.717) is 18.9 Å². The number of H-pyrrole nitrogens is 1. The highest BCUT2D eigenvalue weighted by Crippen LogP contribution is 2.47. The van der Waals surface area contributed by atoms with E-state index >= 15 is 0 Å². The van der Waals surface area contributed by atoms with Crippen molar-refractivity contribution in [2.45, 2.75) is 71.4 Å². The van der Waals surface area contributed by atoms with Gasteiger partial charge >= 0.3 is 0 Å². The van der Waals surface area contributed by atoms with Crippen LogP contribution in [0.4, 0.5) is 0 Å². The molecule has 6 heteroatoms. The van der Waals surface area contributed by atoms with E-state index in [-0.39, 0.29) is 18.0 Å². The van der Waals surface area contributed by atoms with Gasteiger partial charge in [0.1, 0.15) is 5.69 Å². The molecule has 1 aromatic heterocycles. The molecule has 0 bridgehead atoms. The Bertz CT molecular complexity index is 1180. The predicted octanol–water partition coefficient (Wildman–Crippen LogP) is 6.45. The number of benzene rings is 2. The fourth-order valence-corrected chi connectivity index (χ4v) is 5.39. The van der Waals surface area contributed by atoms with E-state index in [2.05, 4.69) is 65.3 Å². The third-order valence-electron chi connectivity index (χ3n) is 7.19. The number of hydrogen-bond donors (Lipinski definition) is 1. The average molecular weight is 474 g/mol. The van der Waals surface area contributed by atoms with Crippen molar-refractivity contribution in [2.24, 2.45) is 0 Å². The topological polar surface area (TPSA) is 67.5 Å². The van der Waals surface area contributed by atoms with Gasteiger partial charge in [-0.15, -0.1) is 0 Å². The van der Waals surface area contributed by atoms with Crippen LogP contribution in [-0.2, 0) is 0 Å². The van der Waals surface area contributed by atoms with Crippen molar-refractivity contribution >= 4 is 5.91 Å². The molecule has 2 aliphatic rings. The first-order valence-corrected chi connectivity index (χ1v) is 13.0. The van der Waals surface area contributed by atoms with Gasteiger partial charge in [0.2, 0.25) is 0 Å². The number of aromatic nitrogens is 2. The number of carbonyl (C=O) groups excluding carboxylic acids is 1. The Morgan fingerprint density at radius 1 is 1.03 bits per heavy atom. The zero-order chi connectivity index (χ0) is 24.4. The van der Waals surface area contributed by atoms with E-state index in [0.717, 1.165) is 72.4 Å². The van der Waals surface area contributed by atoms with Gasteiger partial charge in [-0.25, -0.2) is 0 Å². The summed E-state index contributed by atoms with van der Waals surface area (Å²) in [5.74, 6) is 1.53. The van der Waals surface area contributed by atoms with Gasteiger partial charge in [0, 0.05) is 17.2 Å². The molecule has 0 radical (unpaired) electrons. The number of nitrogens with zero attached hydrogens (tertiary/aromatic N) is 2. The van der Waals surface area contributed by atoms with Gasteiger partial charge in [-0.1, -0.05) is 62.1 Å². The van der Waals surface area contributed by atoms with Crippen LogP contribution in [0.15, 0.2) is 42.5 Å². The van der Waals surface area contributed by atoms with Crippen LogP contribution < -0.4 is 9.47 Å². The van der Waals surface area contributed by atoms with E-state index in [1.54, 1.807) is 0 Å². The lowest BCUT2D eigenvalue weighted by Gasteiger charge is -2.32. The maximum absolute atomic E-state index is 13.7. The van der Waals surface area contributed by atoms with Gasteiger partial charge in [-0.3, -0.25) is 9.89 Å². The first kappa shape index (κ1) is 23.5. The van der Waals surface area contributed by atoms with Gasteiger partial charge in [-0.05, 0) is 50.8 Å². The number of fused-ring (bicyclic) bond motifs is 1. The smallest absolute Gasteiger partial charge is 0.273 e. The Balaban J connectivity index is 1.60. The summed E-state index contributed by atoms with van der Waals surface area (Å²) in [6, 6.07) is 14.5. The predicted molar refractivity (Wildman–Crippen MR) is 137 cm³/mol. The summed E-state index contributed by atoms with van der Waals surface area (Å²) in [4.78, 5) is 15.8. The Morgan fingerprint density at radius 3 is 2.51 bits per heavy atom. The van der Waals surface area contributed by atoms with Crippen LogP contribution in [0.1, 0.15) is 85.6 Å². The molecule has 1 atom stereocenters. The van der Waals surface area contributed by atoms with E-state index < -0.39 is 0 Å². The largest absolute Gasteiger partial charge is 0.490 e. The van der Waals surface area contributed by atoms with E-state index in [4.69, 9.17) is 9.47 Å². The van der Waals surface area contributed by atoms with Crippen LogP contribution in [0.3, 0.4) is 0 Å². The van der Waals surface area contributed by atoms with Crippen molar-refractivity contribution in [2.75, 3.05) is 13.2 Å². The number of carbonyl (C=O) groups is 1. The van der Waals surface area contributed by atoms with Crippen molar-refractivity contribution in [3.8, 4) is 22.8 Å². The van der Waals surface area contributed by atoms with Crippen LogP contribution in [0.5, 0.6) is 11.5 Å². The summed E-state index contributed by atoms with van der Waals surface area (Å²) in [5.41, 5.74) is 5.67. The molecule has 3 aromatic rings. The maximum atomic E-state index is 13.7. The Morgan fingerprint density at radius 2 is 1.80 bits per heavy atom. The summed E-state index contributed by atoms with van der Waals surface area (Å²) < 4.78 is 12.0. The molecule has 2 aromatic carbocycles. The normalized spacial score (nSPS) is 17.7. The van der Waals surface area contributed by atoms with E-state index in [1.165, 1.54) is 5.56 Å². The molecule has 2 heterocycles. The van der Waals surface area contributed by atoms with Crippen LogP contribution in [0, 0.1) is 6.92 Å². The fraction of sp³-hybridized carbons (Fsp3) is 0.448. The maximum Gasteiger partial charge on any atom is 0.273 e. The standard InChI is InChI=1S/C29H35N3O3/c1-4-6-17-35-23-16-15-21(18-24(23)34-5-2)28-25-26(20-13-11-19(3)12-14-20)30-31-27(25)29(33)32(28)22-9-7-8-10-22/h11-16,18,22,28H,4-10,17H2,1-3H3,(H,30,31). The molecular formula is C29H35N3O3. The molecule has 5 rings (SSSR count). The minimum absolute atomic E-state index is 0.0454. The van der Waals surface area contributed by atoms with E-state index in [1.807, 2.05) is 13.0 Å². The Labute approximate surface area is 207 Å². The lowest BCUT2D eigenvalue weighted by molar-refractivity contribution is 0.0660. The van der Waals surface area contributed by atoms with Crippen LogP contribution in [-0.4, -0.2) is 40.3 Å². The second kappa shape index (κ2) is 10.1. The molecule has 1 N–H and O–H groups in total. The number of amides is 1. The van der Waals surface area contributed by atoms with Gasteiger partial charge in [-0.2, -0.15) is 5.10 Å². The lowest BCUT2D eigenvalue weighted by Crippen LogP contribution is -2.37. The number of hydrogen-bond acceptors (Lipinski definition) is 4. The number of unbranched alkanes of at least 4 members (excludes halogenated alkanes) is 1. The van der Waals surface area contributed by atoms with Crippen molar-refractivity contribution in [1.82, 2.24) is 15.1 Å². The molecule has 1 aliphatic heterocycles. The third kappa shape index (κ3) is 4.42. The summed E-state index contributed by atoms with van der Waals surface area (Å²) >= 11 is 0. The third-order valence-corrected chi connectivity index (χ3v) is 7.19. The highest BCUT2D eigenvalue weighted by molar-refractivity contribution is 6.00. The molecule has 1 amide bonds. The van der Waals surface area contributed by atoms with Crippen LogP contribution in [0.2, 0.25) is 0 Å². The van der Waals surface area contributed by atoms with Gasteiger partial charge < -0.3 is 14.4 Å². The minimum Gasteiger partial charge on any atom is -0.490 e. The Kier molecular flexibility index (Phi) is 6.80. The van der Waals surface area contributed by atoms with Gasteiger partial charge in [0.25, 0.3) is 5.91 Å². The number of nitrogens with one attached hydrogen (secondary N) is 1. The lowest BCUT2D eigenvalue weighted by atomic mass is 9.94. The molecular weight excluding hydrogens is 438 g/mol. The number of aromatic amines is 1. The van der Waals surface area contributed by atoms with Crippen molar-refractivity contribution in [3.05, 3.63) is 64.8 Å². The fourth-order valence-electron chi connectivity index (χ4n) is 5.39. The van der Waals surface area contributed by atoms with E-state index in [9.17, 15) is 4.79 Å². The van der Waals surface area contributed by atoms with Crippen molar-refractivity contribution < 1.29 is 14.3 Å². The highest BCUT2D eigenvalue weighted by atomic mass is 16.5. The van der Waals surface area contributed by atoms with Gasteiger partial charge in [0.15, 0.2) is 11.5 Å². The summed E-state index contributed by atoms with van der Waals surface area (Å²) in [6.07, 6.45) is 6.47. The molecule has 0 spiro atoms. The zero-order valence-corrected chi connectivity index (χ0v) is 21.0. The summed E-state index contributed by atoms with van der Waals surface area (Å²) in [5, 5.41) is 7.71. The monoisotopic (exact) mass is 473 g/mol.